The second kappa shape index (κ2) is 20.4. The lowest BCUT2D eigenvalue weighted by Crippen LogP contribution is -2.48. The maximum atomic E-state index is 13.0. The van der Waals surface area contributed by atoms with E-state index < -0.39 is 23.5 Å². The van der Waals surface area contributed by atoms with Crippen LogP contribution in [0.3, 0.4) is 0 Å². The highest BCUT2D eigenvalue weighted by molar-refractivity contribution is 7.99. The lowest BCUT2D eigenvalue weighted by atomic mass is 10.0. The van der Waals surface area contributed by atoms with E-state index in [-0.39, 0.29) is 24.7 Å². The maximum absolute atomic E-state index is 13.0. The predicted octanol–water partition coefficient (Wildman–Crippen LogP) is 6.25. The number of ketones is 1. The van der Waals surface area contributed by atoms with Gasteiger partial charge in [-0.15, -0.1) is 0 Å². The Morgan fingerprint density at radius 3 is 2.13 bits per heavy atom. The van der Waals surface area contributed by atoms with Gasteiger partial charge in [-0.2, -0.15) is 23.5 Å². The van der Waals surface area contributed by atoms with Crippen LogP contribution in [0, 0.1) is 5.92 Å². The molecule has 0 aliphatic rings. The number of allylic oxidation sites excluding steroid dienone is 5. The van der Waals surface area contributed by atoms with Gasteiger partial charge in [-0.1, -0.05) is 34.9 Å². The number of amides is 1. The molecular formula is C30H52N2O4S2. The summed E-state index contributed by atoms with van der Waals surface area (Å²) in [5, 5.41) is 2.86. The summed E-state index contributed by atoms with van der Waals surface area (Å²) >= 11 is 3.21. The number of ether oxygens (including phenoxy) is 1. The zero-order chi connectivity index (χ0) is 29.1. The van der Waals surface area contributed by atoms with Crippen molar-refractivity contribution in [2.24, 2.45) is 11.7 Å². The van der Waals surface area contributed by atoms with Crippen LogP contribution in [-0.4, -0.2) is 59.4 Å². The van der Waals surface area contributed by atoms with Gasteiger partial charge in [0.1, 0.15) is 5.60 Å². The first kappa shape index (κ1) is 36.5. The van der Waals surface area contributed by atoms with E-state index in [1.165, 1.54) is 16.7 Å². The van der Waals surface area contributed by atoms with Gasteiger partial charge in [0.15, 0.2) is 5.78 Å². The van der Waals surface area contributed by atoms with Crippen LogP contribution < -0.4 is 11.1 Å². The quantitative estimate of drug-likeness (QED) is 0.108. The average molecular weight is 569 g/mol. The van der Waals surface area contributed by atoms with Gasteiger partial charge in [0.2, 0.25) is 5.91 Å². The molecular weight excluding hydrogens is 516 g/mol. The highest BCUT2D eigenvalue weighted by Crippen LogP contribution is 2.18. The van der Waals surface area contributed by atoms with Gasteiger partial charge < -0.3 is 15.8 Å². The Balaban J connectivity index is 4.87. The van der Waals surface area contributed by atoms with E-state index in [0.717, 1.165) is 37.2 Å². The zero-order valence-electron chi connectivity index (χ0n) is 25.0. The molecule has 0 bridgehead atoms. The van der Waals surface area contributed by atoms with E-state index >= 15 is 0 Å². The molecule has 2 atom stereocenters. The number of nitrogens with two attached hydrogens (primary N) is 1. The van der Waals surface area contributed by atoms with Crippen LogP contribution in [0.25, 0.3) is 0 Å². The normalized spacial score (nSPS) is 14.0. The number of hydrogen-bond donors (Lipinski definition) is 2. The first-order chi connectivity index (χ1) is 17.8. The van der Waals surface area contributed by atoms with Crippen LogP contribution in [0.5, 0.6) is 0 Å². The first-order valence-corrected chi connectivity index (χ1v) is 16.1. The summed E-state index contributed by atoms with van der Waals surface area (Å²) in [7, 11) is 0. The molecule has 6 nitrogen and oxygen atoms in total. The number of rotatable bonds is 19. The predicted molar refractivity (Wildman–Crippen MR) is 166 cm³/mol. The van der Waals surface area contributed by atoms with Crippen LogP contribution in [0.15, 0.2) is 34.9 Å². The summed E-state index contributed by atoms with van der Waals surface area (Å²) in [4.78, 5) is 37.9. The Bertz CT molecular complexity index is 825. The van der Waals surface area contributed by atoms with Crippen LogP contribution in [-0.2, 0) is 19.1 Å². The first-order valence-electron chi connectivity index (χ1n) is 13.5. The second-order valence-corrected chi connectivity index (χ2v) is 13.1. The molecule has 0 radical (unpaired) electrons. The molecule has 1 amide bonds. The smallest absolute Gasteiger partial charge is 0.307 e. The molecule has 38 heavy (non-hydrogen) atoms. The van der Waals surface area contributed by atoms with Crippen LogP contribution >= 0.6 is 23.5 Å². The number of esters is 1. The minimum absolute atomic E-state index is 0.00879. The largest absolute Gasteiger partial charge is 0.460 e. The van der Waals surface area contributed by atoms with Gasteiger partial charge in [0, 0.05) is 17.4 Å². The summed E-state index contributed by atoms with van der Waals surface area (Å²) < 4.78 is 5.41. The Hall–Kier alpha value is -1.51. The van der Waals surface area contributed by atoms with Crippen molar-refractivity contribution >= 4 is 41.2 Å². The number of carbonyl (C=O) groups excluding carboxylic acids is 3. The molecule has 0 unspecified atom stereocenters. The Labute approximate surface area is 240 Å². The van der Waals surface area contributed by atoms with Crippen molar-refractivity contribution in [3.63, 3.8) is 0 Å². The summed E-state index contributed by atoms with van der Waals surface area (Å²) in [6.45, 7) is 13.8. The van der Waals surface area contributed by atoms with Crippen molar-refractivity contribution in [3.8, 4) is 0 Å². The third kappa shape index (κ3) is 19.5. The van der Waals surface area contributed by atoms with E-state index in [4.69, 9.17) is 10.5 Å². The molecule has 0 fully saturated rings. The second-order valence-electron chi connectivity index (χ2n) is 11.0. The minimum Gasteiger partial charge on any atom is -0.460 e. The molecule has 0 aromatic carbocycles. The van der Waals surface area contributed by atoms with Crippen molar-refractivity contribution < 1.29 is 19.1 Å². The fourth-order valence-electron chi connectivity index (χ4n) is 3.54. The molecule has 0 aromatic rings. The highest BCUT2D eigenvalue weighted by atomic mass is 32.2. The van der Waals surface area contributed by atoms with Gasteiger partial charge >= 0.3 is 5.97 Å². The third-order valence-electron chi connectivity index (χ3n) is 5.74. The van der Waals surface area contributed by atoms with E-state index in [2.05, 4.69) is 51.2 Å². The number of thioether (sulfide) groups is 2. The number of hydrogen-bond acceptors (Lipinski definition) is 7. The topological polar surface area (TPSA) is 98.5 Å². The summed E-state index contributed by atoms with van der Waals surface area (Å²) in [5.41, 5.74) is 9.11. The summed E-state index contributed by atoms with van der Waals surface area (Å²) in [6.07, 6.45) is 13.5. The average Bonchev–Trinajstić information content (AvgIpc) is 2.81. The van der Waals surface area contributed by atoms with E-state index in [9.17, 15) is 14.4 Å². The Morgan fingerprint density at radius 1 is 0.974 bits per heavy atom. The number of nitrogens with one attached hydrogen (secondary N) is 1. The van der Waals surface area contributed by atoms with Crippen LogP contribution in [0.1, 0.15) is 87.0 Å². The molecule has 0 saturated heterocycles. The molecule has 3 N–H and O–H groups in total. The fourth-order valence-corrected chi connectivity index (χ4v) is 5.11. The summed E-state index contributed by atoms with van der Waals surface area (Å²) in [6, 6.07) is -0.673. The van der Waals surface area contributed by atoms with Crippen molar-refractivity contribution in [1.29, 1.82) is 0 Å². The Kier molecular flexibility index (Phi) is 19.6. The van der Waals surface area contributed by atoms with Gasteiger partial charge in [-0.05, 0) is 92.6 Å². The molecule has 0 aromatic heterocycles. The van der Waals surface area contributed by atoms with Gasteiger partial charge in [-0.25, -0.2) is 0 Å². The highest BCUT2D eigenvalue weighted by Gasteiger charge is 2.28. The van der Waals surface area contributed by atoms with Gasteiger partial charge in [0.05, 0.1) is 19.0 Å². The van der Waals surface area contributed by atoms with Crippen molar-refractivity contribution in [2.45, 2.75) is 98.6 Å². The lowest BCUT2D eigenvalue weighted by Gasteiger charge is -2.23. The maximum Gasteiger partial charge on any atom is 0.307 e. The van der Waals surface area contributed by atoms with E-state index in [1.54, 1.807) is 44.3 Å². The molecule has 0 aliphatic carbocycles. The minimum atomic E-state index is -0.673. The van der Waals surface area contributed by atoms with Crippen molar-refractivity contribution in [2.75, 3.05) is 30.1 Å². The molecule has 0 aliphatic heterocycles. The molecule has 218 valence electrons. The van der Waals surface area contributed by atoms with Crippen molar-refractivity contribution in [1.82, 2.24) is 5.32 Å². The molecule has 0 heterocycles. The fraction of sp³-hybridized carbons (Fsp3) is 0.700. The standard InChI is InChI=1S/C30H52N2O4S2/c1-22(2)11-9-12-23(3)13-10-14-24(4)15-18-38-21-26(27(33)20-31)32-29(35)25(16-17-37-8)19-28(34)36-30(5,6)7/h11,13,15,25-26H,9-10,12,14,16-21,31H2,1-8H3,(H,32,35)/b23-13+,24-15+/t25-,26-/m0/s1. The van der Waals surface area contributed by atoms with Crippen molar-refractivity contribution in [3.05, 3.63) is 34.9 Å². The molecule has 0 saturated carbocycles. The summed E-state index contributed by atoms with van der Waals surface area (Å²) in [5.74, 6) is 0.477. The molecule has 0 spiro atoms. The lowest BCUT2D eigenvalue weighted by molar-refractivity contribution is -0.157. The molecule has 0 rings (SSSR count). The monoisotopic (exact) mass is 568 g/mol. The van der Waals surface area contributed by atoms with Crippen LogP contribution in [0.4, 0.5) is 0 Å². The van der Waals surface area contributed by atoms with Crippen LogP contribution in [0.2, 0.25) is 0 Å². The SMILES string of the molecule is CSCC[C@@H](CC(=O)OC(C)(C)C)C(=O)N[C@@H](CSC/C=C(\C)CC/C=C(\C)CCC=C(C)C)C(=O)CN. The van der Waals surface area contributed by atoms with Gasteiger partial charge in [0.25, 0.3) is 0 Å². The zero-order valence-corrected chi connectivity index (χ0v) is 26.6. The van der Waals surface area contributed by atoms with E-state index in [1.807, 2.05) is 6.26 Å². The van der Waals surface area contributed by atoms with E-state index in [0.29, 0.717) is 12.2 Å². The van der Waals surface area contributed by atoms with Gasteiger partial charge in [-0.3, -0.25) is 14.4 Å². The Morgan fingerprint density at radius 2 is 1.58 bits per heavy atom. The number of Topliss-reactive ketones (excluding diaryl/α,β-unsaturated/α-hetero) is 1. The molecule has 8 heteroatoms. The number of carbonyl (C=O) groups is 3. The third-order valence-corrected chi connectivity index (χ3v) is 7.35.